The number of hydrogen-bond donors (Lipinski definition) is 0. The number of hydrogen-bond acceptors (Lipinski definition) is 7. The molecule has 0 atom stereocenters. The molecule has 298 valence electrons. The minimum Gasteiger partial charge on any atom is -0.456 e. The maximum Gasteiger partial charge on any atom is 0.164 e. The van der Waals surface area contributed by atoms with Crippen LogP contribution in [0.15, 0.2) is 197 Å². The molecular formula is C57H31N3O2S2. The van der Waals surface area contributed by atoms with Gasteiger partial charge in [0.25, 0.3) is 0 Å². The maximum absolute atomic E-state index is 6.61. The Morgan fingerprint density at radius 3 is 1.39 bits per heavy atom. The summed E-state index contributed by atoms with van der Waals surface area (Å²) in [6, 6.07) is 66.2. The summed E-state index contributed by atoms with van der Waals surface area (Å²) in [7, 11) is 0. The number of fused-ring (bicyclic) bond motifs is 12. The van der Waals surface area contributed by atoms with Crippen LogP contribution in [-0.4, -0.2) is 15.0 Å². The van der Waals surface area contributed by atoms with E-state index in [-0.39, 0.29) is 0 Å². The first-order valence-corrected chi connectivity index (χ1v) is 22.9. The van der Waals surface area contributed by atoms with Crippen molar-refractivity contribution in [2.45, 2.75) is 0 Å². The molecule has 5 nitrogen and oxygen atoms in total. The highest BCUT2D eigenvalue weighted by Gasteiger charge is 2.21. The Hall–Kier alpha value is -7.97. The lowest BCUT2D eigenvalue weighted by Crippen LogP contribution is -2.00. The molecule has 0 spiro atoms. The first kappa shape index (κ1) is 35.6. The second-order valence-electron chi connectivity index (χ2n) is 16.3. The van der Waals surface area contributed by atoms with Gasteiger partial charge in [-0.15, -0.1) is 22.7 Å². The molecule has 64 heavy (non-hydrogen) atoms. The van der Waals surface area contributed by atoms with E-state index in [0.717, 1.165) is 77.3 Å². The number of aromatic nitrogens is 3. The van der Waals surface area contributed by atoms with Crippen molar-refractivity contribution in [3.05, 3.63) is 188 Å². The van der Waals surface area contributed by atoms with Crippen LogP contribution in [0.25, 0.3) is 141 Å². The van der Waals surface area contributed by atoms with E-state index in [1.807, 2.05) is 18.2 Å². The fraction of sp³-hybridized carbons (Fsp3) is 0. The highest BCUT2D eigenvalue weighted by atomic mass is 32.1. The summed E-state index contributed by atoms with van der Waals surface area (Å²) >= 11 is 3.58. The highest BCUT2D eigenvalue weighted by molar-refractivity contribution is 7.26. The Labute approximate surface area is 373 Å². The summed E-state index contributed by atoms with van der Waals surface area (Å²) < 4.78 is 18.0. The van der Waals surface area contributed by atoms with Gasteiger partial charge < -0.3 is 8.83 Å². The van der Waals surface area contributed by atoms with Gasteiger partial charge in [0.2, 0.25) is 0 Å². The summed E-state index contributed by atoms with van der Waals surface area (Å²) in [5.74, 6) is 1.83. The van der Waals surface area contributed by atoms with Crippen LogP contribution >= 0.6 is 22.7 Å². The molecule has 0 saturated heterocycles. The van der Waals surface area contributed by atoms with E-state index in [9.17, 15) is 0 Å². The Morgan fingerprint density at radius 1 is 0.281 bits per heavy atom. The molecule has 9 aromatic carbocycles. The zero-order chi connectivity index (χ0) is 41.9. The molecule has 0 aliphatic rings. The monoisotopic (exact) mass is 853 g/mol. The predicted molar refractivity (Wildman–Crippen MR) is 267 cm³/mol. The number of nitrogens with zero attached hydrogens (tertiary/aromatic N) is 3. The van der Waals surface area contributed by atoms with Gasteiger partial charge in [0.1, 0.15) is 22.3 Å². The SMILES string of the molecule is c1ccc(-c2ccc3oc4cccc(-c5ccc6oc7cccc(-c8nc(-c9ccc%10c(c9)sc9ccccc9%10)nc(-c9ccc%10c(c9)sc9ccccc9%10)n8)c7c6c5)c4c3c2)cc1. The summed E-state index contributed by atoms with van der Waals surface area (Å²) in [5.41, 5.74) is 10.5. The van der Waals surface area contributed by atoms with Crippen LogP contribution in [0, 0.1) is 0 Å². The number of rotatable bonds is 5. The minimum absolute atomic E-state index is 0.586. The van der Waals surface area contributed by atoms with Gasteiger partial charge in [-0.25, -0.2) is 15.0 Å². The normalized spacial score (nSPS) is 12.1. The molecule has 0 aliphatic carbocycles. The van der Waals surface area contributed by atoms with Crippen LogP contribution < -0.4 is 0 Å². The summed E-state index contributed by atoms with van der Waals surface area (Å²) in [6.07, 6.45) is 0. The summed E-state index contributed by atoms with van der Waals surface area (Å²) in [6.45, 7) is 0. The van der Waals surface area contributed by atoms with E-state index in [1.165, 1.54) is 45.9 Å². The second kappa shape index (κ2) is 13.8. The zero-order valence-electron chi connectivity index (χ0n) is 33.9. The van der Waals surface area contributed by atoms with Crippen molar-refractivity contribution in [1.82, 2.24) is 15.0 Å². The molecule has 0 saturated carbocycles. The molecule has 14 rings (SSSR count). The van der Waals surface area contributed by atoms with Crippen molar-refractivity contribution in [3.63, 3.8) is 0 Å². The smallest absolute Gasteiger partial charge is 0.164 e. The van der Waals surface area contributed by atoms with Crippen molar-refractivity contribution in [1.29, 1.82) is 0 Å². The maximum atomic E-state index is 6.61. The average Bonchev–Trinajstić information content (AvgIpc) is 4.13. The van der Waals surface area contributed by atoms with E-state index in [2.05, 4.69) is 170 Å². The molecule has 0 N–H and O–H groups in total. The van der Waals surface area contributed by atoms with Crippen molar-refractivity contribution >= 4 is 107 Å². The van der Waals surface area contributed by atoms with Crippen LogP contribution in [0.3, 0.4) is 0 Å². The lowest BCUT2D eigenvalue weighted by molar-refractivity contribution is 0.669. The molecule has 0 radical (unpaired) electrons. The molecule has 0 amide bonds. The first-order valence-electron chi connectivity index (χ1n) is 21.2. The van der Waals surface area contributed by atoms with Gasteiger partial charge >= 0.3 is 0 Å². The Morgan fingerprint density at radius 2 is 0.766 bits per heavy atom. The third-order valence-corrected chi connectivity index (χ3v) is 14.8. The van der Waals surface area contributed by atoms with E-state index in [4.69, 9.17) is 23.8 Å². The van der Waals surface area contributed by atoms with Gasteiger partial charge in [0.15, 0.2) is 17.5 Å². The van der Waals surface area contributed by atoms with E-state index in [1.54, 1.807) is 22.7 Å². The van der Waals surface area contributed by atoms with Crippen LogP contribution in [0.1, 0.15) is 0 Å². The van der Waals surface area contributed by atoms with Gasteiger partial charge in [-0.3, -0.25) is 0 Å². The third-order valence-electron chi connectivity index (χ3n) is 12.6. The molecule has 0 fully saturated rings. The largest absolute Gasteiger partial charge is 0.456 e. The number of furan rings is 2. The lowest BCUT2D eigenvalue weighted by Gasteiger charge is -2.10. The molecule has 0 aliphatic heterocycles. The molecule has 5 aromatic heterocycles. The lowest BCUT2D eigenvalue weighted by atomic mass is 9.96. The fourth-order valence-corrected chi connectivity index (χ4v) is 11.8. The number of thiophene rings is 2. The van der Waals surface area contributed by atoms with E-state index in [0.29, 0.717) is 17.5 Å². The zero-order valence-corrected chi connectivity index (χ0v) is 35.5. The van der Waals surface area contributed by atoms with Gasteiger partial charge in [0.05, 0.1) is 0 Å². The Bertz CT molecular complexity index is 4080. The Balaban J connectivity index is 0.969. The molecule has 14 aromatic rings. The van der Waals surface area contributed by atoms with Crippen LogP contribution in [0.4, 0.5) is 0 Å². The fourth-order valence-electron chi connectivity index (χ4n) is 9.54. The molecular weight excluding hydrogens is 823 g/mol. The van der Waals surface area contributed by atoms with Gasteiger partial charge in [-0.1, -0.05) is 127 Å². The van der Waals surface area contributed by atoms with Crippen LogP contribution in [0.5, 0.6) is 0 Å². The van der Waals surface area contributed by atoms with E-state index >= 15 is 0 Å². The summed E-state index contributed by atoms with van der Waals surface area (Å²) in [4.78, 5) is 15.8. The predicted octanol–water partition coefficient (Wildman–Crippen LogP) is 16.7. The average molecular weight is 854 g/mol. The molecule has 0 unspecified atom stereocenters. The Kier molecular flexibility index (Phi) is 7.66. The van der Waals surface area contributed by atoms with Gasteiger partial charge in [0, 0.05) is 78.6 Å². The second-order valence-corrected chi connectivity index (χ2v) is 18.4. The third kappa shape index (κ3) is 5.51. The van der Waals surface area contributed by atoms with Crippen molar-refractivity contribution in [3.8, 4) is 56.4 Å². The molecule has 0 bridgehead atoms. The van der Waals surface area contributed by atoms with Crippen LogP contribution in [0.2, 0.25) is 0 Å². The van der Waals surface area contributed by atoms with Crippen molar-refractivity contribution in [2.75, 3.05) is 0 Å². The standard InChI is InChI=1S/C57H31N3O2S2/c1-2-10-32(11-3-1)33-22-26-45-43(28-33)53-37(14-8-16-47(53)61-45)34-23-27-46-44(29-34)54-42(15-9-17-48(54)62-46)57-59-55(35-20-24-40-38-12-4-6-18-49(38)63-51(40)30-35)58-56(60-57)36-21-25-41-39-13-5-7-19-50(39)64-52(41)31-36/h1-31H. The van der Waals surface area contributed by atoms with Crippen molar-refractivity contribution < 1.29 is 8.83 Å². The topological polar surface area (TPSA) is 65.0 Å². The van der Waals surface area contributed by atoms with Gasteiger partial charge in [-0.2, -0.15) is 0 Å². The molecule has 5 heterocycles. The van der Waals surface area contributed by atoms with Gasteiger partial charge in [-0.05, 0) is 82.9 Å². The van der Waals surface area contributed by atoms with E-state index < -0.39 is 0 Å². The first-order chi connectivity index (χ1) is 31.7. The summed E-state index contributed by atoms with van der Waals surface area (Å²) in [5, 5.41) is 9.09. The van der Waals surface area contributed by atoms with Crippen molar-refractivity contribution in [2.24, 2.45) is 0 Å². The minimum atomic E-state index is 0.586. The molecule has 7 heteroatoms. The quantitative estimate of drug-likeness (QED) is 0.173. The number of benzene rings is 9. The highest BCUT2D eigenvalue weighted by Crippen LogP contribution is 2.43. The van der Waals surface area contributed by atoms with Crippen LogP contribution in [-0.2, 0) is 0 Å².